The van der Waals surface area contributed by atoms with Crippen LogP contribution in [0, 0.1) is 17.3 Å². The zero-order chi connectivity index (χ0) is 12.9. The number of hydrogen-bond donors (Lipinski definition) is 1. The predicted octanol–water partition coefficient (Wildman–Crippen LogP) is 4.62. The van der Waals surface area contributed by atoms with E-state index in [1.807, 2.05) is 0 Å². The number of rotatable bonds is 5. The molecule has 0 aliphatic heterocycles. The molecule has 3 unspecified atom stereocenters. The Morgan fingerprint density at radius 3 is 2.29 bits per heavy atom. The van der Waals surface area contributed by atoms with Crippen molar-refractivity contribution in [2.75, 3.05) is 6.54 Å². The second-order valence-corrected chi connectivity index (χ2v) is 7.05. The lowest BCUT2D eigenvalue weighted by Gasteiger charge is -2.40. The molecule has 0 aromatic rings. The van der Waals surface area contributed by atoms with Crippen molar-refractivity contribution in [3.05, 3.63) is 0 Å². The van der Waals surface area contributed by atoms with Crippen molar-refractivity contribution in [2.24, 2.45) is 17.3 Å². The molecule has 1 saturated carbocycles. The Kier molecular flexibility index (Phi) is 5.99. The molecule has 1 N–H and O–H groups in total. The molecule has 0 radical (unpaired) electrons. The van der Waals surface area contributed by atoms with Crippen LogP contribution in [0.15, 0.2) is 0 Å². The second kappa shape index (κ2) is 6.78. The van der Waals surface area contributed by atoms with Gasteiger partial charge in [-0.3, -0.25) is 0 Å². The summed E-state index contributed by atoms with van der Waals surface area (Å²) in [5.41, 5.74) is 0.447. The molecule has 102 valence electrons. The number of hydrogen-bond acceptors (Lipinski definition) is 1. The van der Waals surface area contributed by atoms with Gasteiger partial charge in [-0.2, -0.15) is 0 Å². The van der Waals surface area contributed by atoms with E-state index in [0.717, 1.165) is 24.4 Å². The van der Waals surface area contributed by atoms with Gasteiger partial charge in [-0.1, -0.05) is 60.3 Å². The van der Waals surface area contributed by atoms with Crippen LogP contribution in [0.3, 0.4) is 0 Å². The van der Waals surface area contributed by atoms with Gasteiger partial charge in [-0.05, 0) is 36.6 Å². The molecule has 0 amide bonds. The summed E-state index contributed by atoms with van der Waals surface area (Å²) in [6.07, 6.45) is 8.52. The average molecular weight is 239 g/mol. The van der Waals surface area contributed by atoms with Crippen LogP contribution in [0.25, 0.3) is 0 Å². The second-order valence-electron chi connectivity index (χ2n) is 7.05. The highest BCUT2D eigenvalue weighted by Crippen LogP contribution is 2.37. The van der Waals surface area contributed by atoms with E-state index in [1.165, 1.54) is 38.5 Å². The van der Waals surface area contributed by atoms with E-state index in [-0.39, 0.29) is 0 Å². The average Bonchev–Trinajstić information content (AvgIpc) is 2.27. The summed E-state index contributed by atoms with van der Waals surface area (Å²) in [5.74, 6) is 1.89. The minimum atomic E-state index is 0.447. The maximum atomic E-state index is 3.77. The van der Waals surface area contributed by atoms with Crippen molar-refractivity contribution in [2.45, 2.75) is 79.2 Å². The van der Waals surface area contributed by atoms with Crippen LogP contribution in [-0.2, 0) is 0 Å². The fourth-order valence-electron chi connectivity index (χ4n) is 3.57. The molecular formula is C16H33N. The first-order chi connectivity index (χ1) is 7.98. The Bertz CT molecular complexity index is 204. The molecular weight excluding hydrogens is 206 g/mol. The van der Waals surface area contributed by atoms with Gasteiger partial charge in [0.15, 0.2) is 0 Å². The van der Waals surface area contributed by atoms with E-state index in [9.17, 15) is 0 Å². The summed E-state index contributed by atoms with van der Waals surface area (Å²) in [6, 6.07) is 0.741. The molecule has 3 atom stereocenters. The largest absolute Gasteiger partial charge is 0.314 e. The van der Waals surface area contributed by atoms with E-state index >= 15 is 0 Å². The molecule has 0 spiro atoms. The summed E-state index contributed by atoms with van der Waals surface area (Å²) >= 11 is 0. The molecule has 0 aromatic heterocycles. The molecule has 1 rings (SSSR count). The third-order valence-electron chi connectivity index (χ3n) is 4.31. The topological polar surface area (TPSA) is 12.0 Å². The fourth-order valence-corrected chi connectivity index (χ4v) is 3.57. The summed E-state index contributed by atoms with van der Waals surface area (Å²) < 4.78 is 0. The Hall–Kier alpha value is -0.0400. The predicted molar refractivity (Wildman–Crippen MR) is 77.3 cm³/mol. The van der Waals surface area contributed by atoms with Gasteiger partial charge in [0, 0.05) is 6.04 Å². The first kappa shape index (κ1) is 15.0. The van der Waals surface area contributed by atoms with E-state index in [1.54, 1.807) is 0 Å². The van der Waals surface area contributed by atoms with Crippen LogP contribution in [0.1, 0.15) is 73.1 Å². The molecule has 0 aromatic carbocycles. The molecule has 1 heteroatoms. The van der Waals surface area contributed by atoms with Crippen LogP contribution < -0.4 is 5.32 Å². The first-order valence-electron chi connectivity index (χ1n) is 7.71. The minimum absolute atomic E-state index is 0.447. The van der Waals surface area contributed by atoms with Crippen molar-refractivity contribution in [3.63, 3.8) is 0 Å². The van der Waals surface area contributed by atoms with Gasteiger partial charge in [-0.25, -0.2) is 0 Å². The van der Waals surface area contributed by atoms with E-state index < -0.39 is 0 Å². The van der Waals surface area contributed by atoms with Crippen LogP contribution >= 0.6 is 0 Å². The Labute approximate surface area is 109 Å². The highest BCUT2D eigenvalue weighted by atomic mass is 14.9. The summed E-state index contributed by atoms with van der Waals surface area (Å²) in [7, 11) is 0. The zero-order valence-corrected chi connectivity index (χ0v) is 12.7. The molecule has 1 fully saturated rings. The molecule has 1 aliphatic rings. The van der Waals surface area contributed by atoms with Crippen LogP contribution in [0.5, 0.6) is 0 Å². The molecule has 17 heavy (non-hydrogen) atoms. The summed E-state index contributed by atoms with van der Waals surface area (Å²) in [4.78, 5) is 0. The monoisotopic (exact) mass is 239 g/mol. The van der Waals surface area contributed by atoms with Gasteiger partial charge in [0.2, 0.25) is 0 Å². The third-order valence-corrected chi connectivity index (χ3v) is 4.31. The highest BCUT2D eigenvalue weighted by molar-refractivity contribution is 4.87. The van der Waals surface area contributed by atoms with Crippen LogP contribution in [0.2, 0.25) is 0 Å². The highest BCUT2D eigenvalue weighted by Gasteiger charge is 2.32. The van der Waals surface area contributed by atoms with Crippen LogP contribution in [0.4, 0.5) is 0 Å². The maximum absolute atomic E-state index is 3.77. The van der Waals surface area contributed by atoms with Crippen molar-refractivity contribution in [1.82, 2.24) is 5.32 Å². The Balaban J connectivity index is 2.66. The third kappa shape index (κ3) is 4.99. The Morgan fingerprint density at radius 2 is 1.76 bits per heavy atom. The molecule has 1 nitrogen and oxygen atoms in total. The van der Waals surface area contributed by atoms with Gasteiger partial charge >= 0.3 is 0 Å². The van der Waals surface area contributed by atoms with E-state index in [0.29, 0.717) is 5.41 Å². The number of nitrogens with one attached hydrogen (secondary N) is 1. The standard InChI is InChI=1S/C16H33N/c1-6-13-10-8-9-11-14(13)15(17-7-2)12-16(3,4)5/h13-15,17H,6-12H2,1-5H3. The first-order valence-corrected chi connectivity index (χ1v) is 7.71. The lowest BCUT2D eigenvalue weighted by Crippen LogP contribution is -2.43. The SMILES string of the molecule is CCNC(CC(C)(C)C)C1CCCCC1CC. The molecule has 0 saturated heterocycles. The van der Waals surface area contributed by atoms with E-state index in [2.05, 4.69) is 39.9 Å². The lowest BCUT2D eigenvalue weighted by atomic mass is 9.70. The smallest absolute Gasteiger partial charge is 0.0103 e. The minimum Gasteiger partial charge on any atom is -0.314 e. The summed E-state index contributed by atoms with van der Waals surface area (Å²) in [6.45, 7) is 12.9. The van der Waals surface area contributed by atoms with Gasteiger partial charge in [-0.15, -0.1) is 0 Å². The lowest BCUT2D eigenvalue weighted by molar-refractivity contribution is 0.144. The summed E-state index contributed by atoms with van der Waals surface area (Å²) in [5, 5.41) is 3.77. The normalized spacial score (nSPS) is 28.1. The van der Waals surface area contributed by atoms with Gasteiger partial charge in [0.25, 0.3) is 0 Å². The van der Waals surface area contributed by atoms with Gasteiger partial charge in [0.1, 0.15) is 0 Å². The molecule has 0 heterocycles. The molecule has 1 aliphatic carbocycles. The maximum Gasteiger partial charge on any atom is 0.0103 e. The van der Waals surface area contributed by atoms with Crippen LogP contribution in [-0.4, -0.2) is 12.6 Å². The van der Waals surface area contributed by atoms with Gasteiger partial charge < -0.3 is 5.32 Å². The van der Waals surface area contributed by atoms with E-state index in [4.69, 9.17) is 0 Å². The molecule has 0 bridgehead atoms. The van der Waals surface area contributed by atoms with Crippen molar-refractivity contribution in [3.8, 4) is 0 Å². The van der Waals surface area contributed by atoms with Crippen molar-refractivity contribution < 1.29 is 0 Å². The van der Waals surface area contributed by atoms with Gasteiger partial charge in [0.05, 0.1) is 0 Å². The quantitative estimate of drug-likeness (QED) is 0.738. The van der Waals surface area contributed by atoms with Crippen molar-refractivity contribution in [1.29, 1.82) is 0 Å². The Morgan fingerprint density at radius 1 is 1.12 bits per heavy atom. The zero-order valence-electron chi connectivity index (χ0n) is 12.7. The fraction of sp³-hybridized carbons (Fsp3) is 1.00. The van der Waals surface area contributed by atoms with Crippen molar-refractivity contribution >= 4 is 0 Å².